The summed E-state index contributed by atoms with van der Waals surface area (Å²) in [5.74, 6) is -0.796. The Labute approximate surface area is 153 Å². The highest BCUT2D eigenvalue weighted by atomic mass is 16.4. The van der Waals surface area contributed by atoms with Gasteiger partial charge in [0.15, 0.2) is 0 Å². The molecule has 0 saturated heterocycles. The van der Waals surface area contributed by atoms with Crippen molar-refractivity contribution in [3.8, 4) is 0 Å². The molecular weight excluding hydrogens is 312 g/mol. The lowest BCUT2D eigenvalue weighted by atomic mass is 10.2. The fraction of sp³-hybridized carbons (Fsp3) is 0.500. The Bertz CT molecular complexity index is 456. The van der Waals surface area contributed by atoms with E-state index >= 15 is 0 Å². The van der Waals surface area contributed by atoms with Crippen LogP contribution in [0.4, 0.5) is 0 Å². The van der Waals surface area contributed by atoms with Crippen molar-refractivity contribution in [2.24, 2.45) is 0 Å². The van der Waals surface area contributed by atoms with Crippen LogP contribution in [0.3, 0.4) is 0 Å². The van der Waals surface area contributed by atoms with Crippen molar-refractivity contribution < 1.29 is 15.0 Å². The molecule has 0 aliphatic rings. The summed E-state index contributed by atoms with van der Waals surface area (Å²) in [6.45, 7) is 2.22. The Balaban J connectivity index is 3.65. The fourth-order valence-electron chi connectivity index (χ4n) is 2.06. The van der Waals surface area contributed by atoms with E-state index in [1.54, 1.807) is 24.3 Å². The van der Waals surface area contributed by atoms with E-state index in [0.29, 0.717) is 12.8 Å². The predicted molar refractivity (Wildman–Crippen MR) is 107 cm³/mol. The number of aliphatic hydroxyl groups excluding tert-OH is 1. The molecule has 3 heteroatoms. The molecule has 0 bridgehead atoms. The van der Waals surface area contributed by atoms with Crippen molar-refractivity contribution in [2.45, 2.75) is 70.8 Å². The summed E-state index contributed by atoms with van der Waals surface area (Å²) in [6, 6.07) is 0. The molecule has 2 N–H and O–H groups in total. The van der Waals surface area contributed by atoms with E-state index < -0.39 is 12.1 Å². The first kappa shape index (κ1) is 23.1. The van der Waals surface area contributed by atoms with Gasteiger partial charge in [-0.15, -0.1) is 0 Å². The summed E-state index contributed by atoms with van der Waals surface area (Å²) < 4.78 is 0. The van der Waals surface area contributed by atoms with Gasteiger partial charge in [0, 0.05) is 6.42 Å². The number of hydrogen-bond donors (Lipinski definition) is 2. The van der Waals surface area contributed by atoms with Gasteiger partial charge in [0.05, 0.1) is 6.10 Å². The van der Waals surface area contributed by atoms with E-state index in [0.717, 1.165) is 12.8 Å². The van der Waals surface area contributed by atoms with Crippen LogP contribution in [-0.4, -0.2) is 22.3 Å². The summed E-state index contributed by atoms with van der Waals surface area (Å²) in [7, 11) is 0. The lowest BCUT2D eigenvalue weighted by molar-refractivity contribution is -0.136. The van der Waals surface area contributed by atoms with E-state index in [9.17, 15) is 9.90 Å². The van der Waals surface area contributed by atoms with Crippen molar-refractivity contribution >= 4 is 5.97 Å². The van der Waals surface area contributed by atoms with E-state index in [-0.39, 0.29) is 6.42 Å². The number of allylic oxidation sites excluding steroid dienone is 8. The summed E-state index contributed by atoms with van der Waals surface area (Å²) in [4.78, 5) is 10.3. The third kappa shape index (κ3) is 20.1. The monoisotopic (exact) mass is 346 g/mol. The standard InChI is InChI=1S/C22H34O3/c1-2-3-4-5-6-7-8-9-10-11-12-15-18-21(23)19-16-13-14-17-20-22(24)25/h6-7,9-10,12-16,19,21,23H,2-5,8,11,17-18,20H2,1H3,(H,24,25)/b7-6+,10-9+,14-13+,15-12+,19-16+. The molecular formula is C22H34O3. The predicted octanol–water partition coefficient (Wildman–Crippen LogP) is 5.74. The van der Waals surface area contributed by atoms with Gasteiger partial charge >= 0.3 is 5.97 Å². The molecule has 0 aliphatic heterocycles. The second-order valence-electron chi connectivity index (χ2n) is 5.93. The lowest BCUT2D eigenvalue weighted by Crippen LogP contribution is -1.98. The summed E-state index contributed by atoms with van der Waals surface area (Å²) in [5.41, 5.74) is 0. The smallest absolute Gasteiger partial charge is 0.303 e. The summed E-state index contributed by atoms with van der Waals surface area (Å²) in [6.07, 6.45) is 27.5. The number of carboxylic acid groups (broad SMARTS) is 1. The van der Waals surface area contributed by atoms with Crippen LogP contribution in [0, 0.1) is 0 Å². The molecule has 0 aromatic rings. The average Bonchev–Trinajstić information content (AvgIpc) is 2.58. The summed E-state index contributed by atoms with van der Waals surface area (Å²) in [5, 5.41) is 18.3. The molecule has 0 fully saturated rings. The molecule has 25 heavy (non-hydrogen) atoms. The molecule has 0 aromatic carbocycles. The highest BCUT2D eigenvalue weighted by Crippen LogP contribution is 2.01. The van der Waals surface area contributed by atoms with Gasteiger partial charge in [0.2, 0.25) is 0 Å². The van der Waals surface area contributed by atoms with Crippen molar-refractivity contribution in [3.05, 3.63) is 60.8 Å². The SMILES string of the molecule is CCCCC/C=C/C/C=C/C/C=C/CC(O)/C=C/C=C/CCC(=O)O. The number of hydrogen-bond acceptors (Lipinski definition) is 2. The van der Waals surface area contributed by atoms with Gasteiger partial charge in [-0.3, -0.25) is 4.79 Å². The van der Waals surface area contributed by atoms with Crippen LogP contribution in [-0.2, 0) is 4.79 Å². The van der Waals surface area contributed by atoms with E-state index in [1.807, 2.05) is 6.08 Å². The Morgan fingerprint density at radius 2 is 1.56 bits per heavy atom. The van der Waals surface area contributed by atoms with Crippen molar-refractivity contribution in [3.63, 3.8) is 0 Å². The number of carbonyl (C=O) groups is 1. The second kappa shape index (κ2) is 18.5. The molecule has 1 atom stereocenters. The maximum Gasteiger partial charge on any atom is 0.303 e. The second-order valence-corrected chi connectivity index (χ2v) is 5.93. The molecule has 0 rings (SSSR count). The molecule has 140 valence electrons. The molecule has 0 aliphatic carbocycles. The van der Waals surface area contributed by atoms with Crippen LogP contribution in [0.5, 0.6) is 0 Å². The zero-order valence-electron chi connectivity index (χ0n) is 15.5. The van der Waals surface area contributed by atoms with Crippen LogP contribution in [0.2, 0.25) is 0 Å². The highest BCUT2D eigenvalue weighted by Gasteiger charge is 1.93. The Kier molecular flexibility index (Phi) is 17.1. The Morgan fingerprint density at radius 1 is 0.880 bits per heavy atom. The van der Waals surface area contributed by atoms with Crippen molar-refractivity contribution in [1.29, 1.82) is 0 Å². The van der Waals surface area contributed by atoms with Crippen LogP contribution in [0.25, 0.3) is 0 Å². The molecule has 1 unspecified atom stereocenters. The number of rotatable bonds is 15. The maximum absolute atomic E-state index is 10.3. The first-order chi connectivity index (χ1) is 12.2. The van der Waals surface area contributed by atoms with E-state index in [1.165, 1.54) is 25.7 Å². The maximum atomic E-state index is 10.3. The third-order valence-corrected chi connectivity index (χ3v) is 3.50. The third-order valence-electron chi connectivity index (χ3n) is 3.50. The van der Waals surface area contributed by atoms with Gasteiger partial charge in [-0.25, -0.2) is 0 Å². The van der Waals surface area contributed by atoms with Crippen LogP contribution >= 0.6 is 0 Å². The minimum absolute atomic E-state index is 0.137. The Morgan fingerprint density at radius 3 is 2.24 bits per heavy atom. The molecule has 0 saturated carbocycles. The van der Waals surface area contributed by atoms with Gasteiger partial charge in [-0.2, -0.15) is 0 Å². The number of unbranched alkanes of at least 4 members (excludes halogenated alkanes) is 3. The van der Waals surface area contributed by atoms with Crippen LogP contribution in [0.1, 0.15) is 64.7 Å². The van der Waals surface area contributed by atoms with Gasteiger partial charge < -0.3 is 10.2 Å². The van der Waals surface area contributed by atoms with Gasteiger partial charge in [-0.05, 0) is 38.5 Å². The molecule has 3 nitrogen and oxygen atoms in total. The summed E-state index contributed by atoms with van der Waals surface area (Å²) >= 11 is 0. The van der Waals surface area contributed by atoms with Crippen LogP contribution in [0.15, 0.2) is 60.8 Å². The Hall–Kier alpha value is -1.87. The van der Waals surface area contributed by atoms with Gasteiger partial charge in [0.25, 0.3) is 0 Å². The van der Waals surface area contributed by atoms with E-state index in [4.69, 9.17) is 5.11 Å². The molecule has 0 spiro atoms. The first-order valence-corrected chi connectivity index (χ1v) is 9.35. The van der Waals surface area contributed by atoms with Crippen molar-refractivity contribution in [1.82, 2.24) is 0 Å². The minimum Gasteiger partial charge on any atom is -0.481 e. The largest absolute Gasteiger partial charge is 0.481 e. The fourth-order valence-corrected chi connectivity index (χ4v) is 2.06. The number of carboxylic acids is 1. The highest BCUT2D eigenvalue weighted by molar-refractivity contribution is 5.66. The number of aliphatic carboxylic acids is 1. The average molecular weight is 347 g/mol. The van der Waals surface area contributed by atoms with Gasteiger partial charge in [-0.1, -0.05) is 80.5 Å². The first-order valence-electron chi connectivity index (χ1n) is 9.35. The molecule has 0 amide bonds. The van der Waals surface area contributed by atoms with Crippen LogP contribution < -0.4 is 0 Å². The zero-order chi connectivity index (χ0) is 18.6. The quantitative estimate of drug-likeness (QED) is 0.226. The number of aliphatic hydroxyl groups is 1. The lowest BCUT2D eigenvalue weighted by Gasteiger charge is -1.98. The molecule has 0 aromatic heterocycles. The van der Waals surface area contributed by atoms with Gasteiger partial charge in [0.1, 0.15) is 0 Å². The normalized spacial score (nSPS) is 14.0. The van der Waals surface area contributed by atoms with E-state index in [2.05, 4.69) is 37.3 Å². The minimum atomic E-state index is -0.796. The zero-order valence-corrected chi connectivity index (χ0v) is 15.5. The molecule has 0 radical (unpaired) electrons. The topological polar surface area (TPSA) is 57.5 Å². The molecule has 0 heterocycles. The van der Waals surface area contributed by atoms with Crippen molar-refractivity contribution in [2.75, 3.05) is 0 Å².